The average molecular weight is 263 g/mol. The Bertz CT molecular complexity index is 433. The molecule has 1 aliphatic heterocycles. The standard InChI is InChI=1S/C12H13F4NO/c13-10-3-1-2-8-4-5-17(6-9(8)10)7-11(18)12(14,15)16/h1-3,11,18H,4-7H2. The summed E-state index contributed by atoms with van der Waals surface area (Å²) in [5.41, 5.74) is 1.26. The van der Waals surface area contributed by atoms with Crippen molar-refractivity contribution in [2.24, 2.45) is 0 Å². The molecular weight excluding hydrogens is 250 g/mol. The fraction of sp³-hybridized carbons (Fsp3) is 0.500. The van der Waals surface area contributed by atoms with Crippen LogP contribution in [0.2, 0.25) is 0 Å². The Morgan fingerprint density at radius 3 is 2.72 bits per heavy atom. The van der Waals surface area contributed by atoms with E-state index in [4.69, 9.17) is 5.11 Å². The van der Waals surface area contributed by atoms with Crippen LogP contribution in [0.15, 0.2) is 18.2 Å². The molecular formula is C12H13F4NO. The van der Waals surface area contributed by atoms with Crippen LogP contribution >= 0.6 is 0 Å². The zero-order valence-corrected chi connectivity index (χ0v) is 9.54. The van der Waals surface area contributed by atoms with Gasteiger partial charge in [0.25, 0.3) is 0 Å². The van der Waals surface area contributed by atoms with Crippen LogP contribution < -0.4 is 0 Å². The summed E-state index contributed by atoms with van der Waals surface area (Å²) < 4.78 is 50.2. The Kier molecular flexibility index (Phi) is 3.59. The highest BCUT2D eigenvalue weighted by molar-refractivity contribution is 5.30. The van der Waals surface area contributed by atoms with Gasteiger partial charge in [0.2, 0.25) is 0 Å². The number of aliphatic hydroxyl groups excluding tert-OH is 1. The van der Waals surface area contributed by atoms with Crippen LogP contribution in [-0.2, 0) is 13.0 Å². The highest BCUT2D eigenvalue weighted by Crippen LogP contribution is 2.25. The number of aliphatic hydroxyl groups is 1. The van der Waals surface area contributed by atoms with Gasteiger partial charge in [0.05, 0.1) is 0 Å². The van der Waals surface area contributed by atoms with Crippen molar-refractivity contribution in [1.82, 2.24) is 4.90 Å². The van der Waals surface area contributed by atoms with E-state index in [0.717, 1.165) is 5.56 Å². The highest BCUT2D eigenvalue weighted by atomic mass is 19.4. The maximum absolute atomic E-state index is 13.5. The minimum absolute atomic E-state index is 0.106. The second-order valence-corrected chi connectivity index (χ2v) is 4.42. The van der Waals surface area contributed by atoms with Crippen molar-refractivity contribution in [3.05, 3.63) is 35.1 Å². The summed E-state index contributed by atoms with van der Waals surface area (Å²) in [4.78, 5) is 1.42. The van der Waals surface area contributed by atoms with Gasteiger partial charge in [-0.15, -0.1) is 0 Å². The average Bonchev–Trinajstić information content (AvgIpc) is 2.29. The predicted octanol–water partition coefficient (Wildman–Crippen LogP) is 2.11. The van der Waals surface area contributed by atoms with Crippen molar-refractivity contribution >= 4 is 0 Å². The number of benzene rings is 1. The lowest BCUT2D eigenvalue weighted by Crippen LogP contribution is -2.43. The van der Waals surface area contributed by atoms with Crippen LogP contribution in [0.5, 0.6) is 0 Å². The third-order valence-corrected chi connectivity index (χ3v) is 3.10. The molecule has 1 aromatic rings. The third kappa shape index (κ3) is 2.81. The highest BCUT2D eigenvalue weighted by Gasteiger charge is 2.39. The van der Waals surface area contributed by atoms with Crippen molar-refractivity contribution in [3.8, 4) is 0 Å². The molecule has 100 valence electrons. The molecule has 0 radical (unpaired) electrons. The number of nitrogens with zero attached hydrogens (tertiary/aromatic N) is 1. The van der Waals surface area contributed by atoms with Crippen LogP contribution in [0.25, 0.3) is 0 Å². The normalized spacial score (nSPS) is 18.5. The number of β-amino-alcohol motifs (C(OH)–C–C–N with tert-alkyl or cyclic N) is 1. The summed E-state index contributed by atoms with van der Waals surface area (Å²) in [6.45, 7) is -0.0178. The van der Waals surface area contributed by atoms with Gasteiger partial charge in [-0.3, -0.25) is 4.90 Å². The topological polar surface area (TPSA) is 23.5 Å². The molecule has 1 heterocycles. The SMILES string of the molecule is OC(CN1CCc2cccc(F)c2C1)C(F)(F)F. The zero-order chi connectivity index (χ0) is 13.3. The van der Waals surface area contributed by atoms with E-state index < -0.39 is 24.6 Å². The maximum atomic E-state index is 13.5. The van der Waals surface area contributed by atoms with Crippen LogP contribution in [0.3, 0.4) is 0 Å². The van der Waals surface area contributed by atoms with Gasteiger partial charge in [-0.05, 0) is 18.1 Å². The van der Waals surface area contributed by atoms with Gasteiger partial charge in [0.15, 0.2) is 6.10 Å². The van der Waals surface area contributed by atoms with Crippen molar-refractivity contribution in [2.45, 2.75) is 25.2 Å². The minimum Gasteiger partial charge on any atom is -0.382 e. The summed E-state index contributed by atoms with van der Waals surface area (Å²) in [5, 5.41) is 8.99. The Hall–Kier alpha value is -1.14. The molecule has 6 heteroatoms. The van der Waals surface area contributed by atoms with Crippen LogP contribution in [-0.4, -0.2) is 35.4 Å². The van der Waals surface area contributed by atoms with E-state index in [0.29, 0.717) is 18.5 Å². The Morgan fingerprint density at radius 2 is 2.06 bits per heavy atom. The van der Waals surface area contributed by atoms with E-state index in [-0.39, 0.29) is 6.54 Å². The number of alkyl halides is 3. The van der Waals surface area contributed by atoms with Gasteiger partial charge in [0.1, 0.15) is 5.82 Å². The fourth-order valence-corrected chi connectivity index (χ4v) is 2.10. The Balaban J connectivity index is 2.06. The van der Waals surface area contributed by atoms with Crippen LogP contribution in [0, 0.1) is 5.82 Å². The smallest absolute Gasteiger partial charge is 0.382 e. The molecule has 0 saturated carbocycles. The molecule has 0 amide bonds. The number of fused-ring (bicyclic) bond motifs is 1. The molecule has 0 saturated heterocycles. The molecule has 0 spiro atoms. The number of hydrogen-bond acceptors (Lipinski definition) is 2. The quantitative estimate of drug-likeness (QED) is 0.826. The first kappa shape index (κ1) is 13.3. The monoisotopic (exact) mass is 263 g/mol. The van der Waals surface area contributed by atoms with Gasteiger partial charge >= 0.3 is 6.18 Å². The molecule has 0 aromatic heterocycles. The second-order valence-electron chi connectivity index (χ2n) is 4.42. The zero-order valence-electron chi connectivity index (χ0n) is 9.54. The summed E-state index contributed by atoms with van der Waals surface area (Å²) in [6, 6.07) is 4.66. The number of hydrogen-bond donors (Lipinski definition) is 1. The van der Waals surface area contributed by atoms with E-state index in [1.165, 1.54) is 11.0 Å². The van der Waals surface area contributed by atoms with Crippen molar-refractivity contribution in [1.29, 1.82) is 0 Å². The molecule has 1 unspecified atom stereocenters. The molecule has 18 heavy (non-hydrogen) atoms. The van der Waals surface area contributed by atoms with Gasteiger partial charge < -0.3 is 5.11 Å². The first-order valence-corrected chi connectivity index (χ1v) is 5.61. The van der Waals surface area contributed by atoms with Crippen molar-refractivity contribution < 1.29 is 22.7 Å². The van der Waals surface area contributed by atoms with Gasteiger partial charge in [-0.2, -0.15) is 13.2 Å². The molecule has 1 atom stereocenters. The molecule has 0 bridgehead atoms. The molecule has 2 rings (SSSR count). The number of halogens is 4. The summed E-state index contributed by atoms with van der Waals surface area (Å²) >= 11 is 0. The molecule has 2 nitrogen and oxygen atoms in total. The minimum atomic E-state index is -4.63. The molecule has 0 aliphatic carbocycles. The molecule has 1 N–H and O–H groups in total. The van der Waals surface area contributed by atoms with E-state index in [1.54, 1.807) is 12.1 Å². The van der Waals surface area contributed by atoms with E-state index >= 15 is 0 Å². The van der Waals surface area contributed by atoms with Crippen LogP contribution in [0.1, 0.15) is 11.1 Å². The lowest BCUT2D eigenvalue weighted by Gasteiger charge is -2.31. The summed E-state index contributed by atoms with van der Waals surface area (Å²) in [6.07, 6.45) is -6.52. The second kappa shape index (κ2) is 4.85. The van der Waals surface area contributed by atoms with Crippen molar-refractivity contribution in [2.75, 3.05) is 13.1 Å². The number of rotatable bonds is 2. The largest absolute Gasteiger partial charge is 0.415 e. The van der Waals surface area contributed by atoms with E-state index in [2.05, 4.69) is 0 Å². The van der Waals surface area contributed by atoms with Crippen LogP contribution in [0.4, 0.5) is 17.6 Å². The summed E-state index contributed by atoms with van der Waals surface area (Å²) in [7, 11) is 0. The predicted molar refractivity (Wildman–Crippen MR) is 57.4 cm³/mol. The Morgan fingerprint density at radius 1 is 1.33 bits per heavy atom. The molecule has 1 aromatic carbocycles. The van der Waals surface area contributed by atoms with Gasteiger partial charge in [-0.1, -0.05) is 12.1 Å². The summed E-state index contributed by atoms with van der Waals surface area (Å²) in [5.74, 6) is -0.404. The van der Waals surface area contributed by atoms with Gasteiger partial charge in [0, 0.05) is 25.2 Å². The maximum Gasteiger partial charge on any atom is 0.415 e. The lowest BCUT2D eigenvalue weighted by atomic mass is 9.99. The van der Waals surface area contributed by atoms with E-state index in [1.807, 2.05) is 0 Å². The van der Waals surface area contributed by atoms with Crippen molar-refractivity contribution in [3.63, 3.8) is 0 Å². The third-order valence-electron chi connectivity index (χ3n) is 3.10. The first-order chi connectivity index (χ1) is 8.38. The first-order valence-electron chi connectivity index (χ1n) is 5.61. The molecule has 1 aliphatic rings. The van der Waals surface area contributed by atoms with Gasteiger partial charge in [-0.25, -0.2) is 4.39 Å². The Labute approximate surface area is 102 Å². The van der Waals surface area contributed by atoms with E-state index in [9.17, 15) is 17.6 Å². The fourth-order valence-electron chi connectivity index (χ4n) is 2.10. The molecule has 0 fully saturated rings. The lowest BCUT2D eigenvalue weighted by molar-refractivity contribution is -0.208.